The molecule has 0 bridgehead atoms. The summed E-state index contributed by atoms with van der Waals surface area (Å²) in [4.78, 5) is 24.8. The van der Waals surface area contributed by atoms with Crippen LogP contribution in [0.15, 0.2) is 37.2 Å². The van der Waals surface area contributed by atoms with Gasteiger partial charge in [-0.1, -0.05) is 23.0 Å². The topological polar surface area (TPSA) is 156 Å². The average molecular weight is 482 g/mol. The highest BCUT2D eigenvalue weighted by atomic mass is 32.2. The first-order chi connectivity index (χ1) is 15.6. The number of amides is 1. The number of thioether (sulfide) groups is 1. The van der Waals surface area contributed by atoms with Crippen LogP contribution in [0.25, 0.3) is 11.5 Å². The molecule has 3 aromatic rings. The van der Waals surface area contributed by atoms with Crippen LogP contribution in [0, 0.1) is 5.82 Å². The summed E-state index contributed by atoms with van der Waals surface area (Å²) in [5, 5.41) is 23.4. The molecule has 0 radical (unpaired) electrons. The van der Waals surface area contributed by atoms with Gasteiger partial charge >= 0.3 is 11.8 Å². The third kappa shape index (κ3) is 7.43. The van der Waals surface area contributed by atoms with E-state index >= 15 is 0 Å². The number of aromatic nitrogens is 4. The molecule has 0 fully saturated rings. The number of hydrogen-bond donors (Lipinski definition) is 3. The lowest BCUT2D eigenvalue weighted by Gasteiger charge is -2.20. The molecule has 1 aliphatic rings. The van der Waals surface area contributed by atoms with Crippen LogP contribution in [0.3, 0.4) is 0 Å². The van der Waals surface area contributed by atoms with Gasteiger partial charge in [0.15, 0.2) is 10.7 Å². The molecule has 1 aliphatic carbocycles. The van der Waals surface area contributed by atoms with Crippen LogP contribution in [0.4, 0.5) is 9.18 Å². The van der Waals surface area contributed by atoms with E-state index in [-0.39, 0.29) is 29.6 Å². The summed E-state index contributed by atoms with van der Waals surface area (Å²) in [7, 11) is 0. The maximum Gasteiger partial charge on any atom is 0.439 e. The number of aliphatic hydroxyl groups is 1. The number of halogens is 1. The molecule has 0 spiro atoms. The zero-order valence-electron chi connectivity index (χ0n) is 18.3. The highest BCUT2D eigenvalue weighted by Gasteiger charge is 2.20. The highest BCUT2D eigenvalue weighted by molar-refractivity contribution is 7.99. The fourth-order valence-corrected chi connectivity index (χ4v) is 3.49. The second-order valence-electron chi connectivity index (χ2n) is 8.12. The normalized spacial score (nSPS) is 13.2. The predicted octanol–water partition coefficient (Wildman–Crippen LogP) is 2.31. The van der Waals surface area contributed by atoms with E-state index in [0.717, 1.165) is 24.6 Å². The summed E-state index contributed by atoms with van der Waals surface area (Å²) in [5.74, 6) is -0.567. The van der Waals surface area contributed by atoms with Gasteiger partial charge in [0.25, 0.3) is 0 Å². The lowest BCUT2D eigenvalue weighted by atomic mass is 9.89. The molecule has 1 atom stereocenters. The van der Waals surface area contributed by atoms with Gasteiger partial charge in [-0.25, -0.2) is 18.6 Å². The molecule has 1 aromatic carbocycles. The Morgan fingerprint density at radius 3 is 2.64 bits per heavy atom. The highest BCUT2D eigenvalue weighted by Crippen LogP contribution is 2.26. The van der Waals surface area contributed by atoms with Gasteiger partial charge in [-0.15, -0.1) is 0 Å². The first-order valence-corrected chi connectivity index (χ1v) is 11.0. The number of benzene rings is 1. The third-order valence-electron chi connectivity index (χ3n) is 4.25. The Morgan fingerprint density at radius 1 is 1.30 bits per heavy atom. The lowest BCUT2D eigenvalue weighted by Crippen LogP contribution is -2.37. The number of alkyl carbamates (subject to hydrolysis) is 1. The molecular formula is C20H24FN5O6S. The van der Waals surface area contributed by atoms with E-state index < -0.39 is 23.6 Å². The number of carbonyl (C=O) groups excluding carboxylic acids is 1. The minimum absolute atomic E-state index is 0.00329. The number of aromatic amines is 1. The number of hydrogen-bond acceptors (Lipinski definition) is 10. The second-order valence-corrected chi connectivity index (χ2v) is 9.13. The van der Waals surface area contributed by atoms with Crippen molar-refractivity contribution in [2.24, 2.45) is 0 Å². The number of nitrogens with one attached hydrogen (secondary N) is 2. The smallest absolute Gasteiger partial charge is 0.439 e. The largest absolute Gasteiger partial charge is 0.444 e. The first-order valence-electron chi connectivity index (χ1n) is 10.0. The van der Waals surface area contributed by atoms with Crippen molar-refractivity contribution in [3.63, 3.8) is 0 Å². The quantitative estimate of drug-likeness (QED) is 0.446. The summed E-state index contributed by atoms with van der Waals surface area (Å²) >= 11 is 1.12. The zero-order chi connectivity index (χ0) is 24.0. The Labute approximate surface area is 192 Å². The standard InChI is InChI=1S/C12H17N5O6S.C8H7F/c1-12(2,3)21-10(19)13-4-6(18)5-24-9-7(15-23-17-9)8-14-11(20)22-16-8;9-8-4-3-6-1-2-7(6)5-8/h6,18H,4-5H2,1-3H3,(H,13,19)(H,14,16,20);3-5H,1-2H2. The fourth-order valence-electron chi connectivity index (χ4n) is 2.66. The molecule has 13 heteroatoms. The van der Waals surface area contributed by atoms with E-state index in [1.54, 1.807) is 26.8 Å². The van der Waals surface area contributed by atoms with Gasteiger partial charge in [0, 0.05) is 12.3 Å². The van der Waals surface area contributed by atoms with Crippen molar-refractivity contribution < 1.29 is 28.2 Å². The molecule has 3 N–H and O–H groups in total. The number of fused-ring (bicyclic) bond motifs is 1. The van der Waals surface area contributed by atoms with Crippen LogP contribution in [0.2, 0.25) is 0 Å². The van der Waals surface area contributed by atoms with Crippen LogP contribution in [-0.2, 0) is 17.6 Å². The maximum absolute atomic E-state index is 12.4. The Balaban J connectivity index is 0.000000280. The number of aliphatic hydroxyl groups excluding tert-OH is 1. The van der Waals surface area contributed by atoms with Crippen molar-refractivity contribution in [1.82, 2.24) is 25.8 Å². The minimum atomic E-state index is -0.858. The number of carbonyl (C=O) groups is 1. The molecule has 4 rings (SSSR count). The number of rotatable bonds is 6. The van der Waals surface area contributed by atoms with Crippen molar-refractivity contribution in [1.29, 1.82) is 0 Å². The van der Waals surface area contributed by atoms with Crippen molar-refractivity contribution in [2.75, 3.05) is 12.3 Å². The monoisotopic (exact) mass is 481 g/mol. The average Bonchev–Trinajstić information content (AvgIpc) is 3.35. The first kappa shape index (κ1) is 24.5. The molecule has 1 amide bonds. The molecule has 11 nitrogen and oxygen atoms in total. The van der Waals surface area contributed by atoms with Crippen LogP contribution in [0.1, 0.15) is 31.9 Å². The van der Waals surface area contributed by atoms with E-state index in [4.69, 9.17) is 4.74 Å². The summed E-state index contributed by atoms with van der Waals surface area (Å²) in [6.45, 7) is 5.23. The second kappa shape index (κ2) is 10.6. The number of H-pyrrole nitrogens is 1. The molecule has 1 unspecified atom stereocenters. The lowest BCUT2D eigenvalue weighted by molar-refractivity contribution is 0.0499. The molecule has 0 saturated carbocycles. The van der Waals surface area contributed by atoms with Crippen molar-refractivity contribution in [3.8, 4) is 11.5 Å². The summed E-state index contributed by atoms with van der Waals surface area (Å²) in [6, 6.07) is 5.02. The van der Waals surface area contributed by atoms with E-state index in [2.05, 4.69) is 34.9 Å². The Bertz CT molecular complexity index is 1140. The van der Waals surface area contributed by atoms with E-state index in [0.29, 0.717) is 5.03 Å². The Hall–Kier alpha value is -3.19. The van der Waals surface area contributed by atoms with Crippen LogP contribution in [-0.4, -0.2) is 55.7 Å². The van der Waals surface area contributed by atoms with E-state index in [1.165, 1.54) is 17.2 Å². The fraction of sp³-hybridized carbons (Fsp3) is 0.450. The van der Waals surface area contributed by atoms with E-state index in [9.17, 15) is 19.1 Å². The predicted molar refractivity (Wildman–Crippen MR) is 115 cm³/mol. The number of ether oxygens (including phenoxy) is 1. The molecule has 33 heavy (non-hydrogen) atoms. The molecule has 0 aliphatic heterocycles. The summed E-state index contributed by atoms with van der Waals surface area (Å²) in [5.41, 5.74) is 2.09. The van der Waals surface area contributed by atoms with Gasteiger partial charge < -0.3 is 15.2 Å². The van der Waals surface area contributed by atoms with Gasteiger partial charge in [0.2, 0.25) is 5.82 Å². The van der Waals surface area contributed by atoms with Gasteiger partial charge in [0.1, 0.15) is 11.4 Å². The van der Waals surface area contributed by atoms with Gasteiger partial charge in [-0.2, -0.15) is 0 Å². The van der Waals surface area contributed by atoms with Crippen molar-refractivity contribution in [3.05, 3.63) is 45.7 Å². The van der Waals surface area contributed by atoms with Crippen molar-refractivity contribution >= 4 is 17.9 Å². The Morgan fingerprint density at radius 2 is 2.06 bits per heavy atom. The zero-order valence-corrected chi connectivity index (χ0v) is 19.1. The van der Waals surface area contributed by atoms with Crippen LogP contribution >= 0.6 is 11.8 Å². The van der Waals surface area contributed by atoms with Crippen LogP contribution in [0.5, 0.6) is 0 Å². The maximum atomic E-state index is 12.4. The molecule has 2 heterocycles. The summed E-state index contributed by atoms with van der Waals surface area (Å²) in [6.07, 6.45) is 0.724. The van der Waals surface area contributed by atoms with Crippen LogP contribution < -0.4 is 11.1 Å². The van der Waals surface area contributed by atoms with Gasteiger partial charge in [0.05, 0.1) is 6.10 Å². The third-order valence-corrected chi connectivity index (χ3v) is 5.34. The number of nitrogens with zero attached hydrogens (tertiary/aromatic N) is 3. The van der Waals surface area contributed by atoms with Crippen molar-refractivity contribution in [2.45, 2.75) is 50.3 Å². The number of aryl methyl sites for hydroxylation is 2. The minimum Gasteiger partial charge on any atom is -0.444 e. The van der Waals surface area contributed by atoms with E-state index in [1.807, 2.05) is 6.07 Å². The molecule has 178 valence electrons. The molecule has 0 saturated heterocycles. The molecular weight excluding hydrogens is 457 g/mol. The Kier molecular flexibility index (Phi) is 7.87. The SMILES string of the molecule is CC(C)(C)OC(=O)NCC(O)CSc1nonc1-c1noc(=O)[nH]1.Fc1ccc2c(c1)CC2. The molecule has 2 aromatic heterocycles. The summed E-state index contributed by atoms with van der Waals surface area (Å²) < 4.78 is 26.4. The van der Waals surface area contributed by atoms with Gasteiger partial charge in [-0.3, -0.25) is 9.51 Å². The van der Waals surface area contributed by atoms with Gasteiger partial charge in [-0.05, 0) is 67.2 Å².